The first-order chi connectivity index (χ1) is 14.8. The van der Waals surface area contributed by atoms with Gasteiger partial charge in [-0.2, -0.15) is 0 Å². The number of amides is 2. The van der Waals surface area contributed by atoms with Crippen LogP contribution in [0.4, 0.5) is 4.39 Å². The molecule has 168 valence electrons. The summed E-state index contributed by atoms with van der Waals surface area (Å²) in [7, 11) is 0. The van der Waals surface area contributed by atoms with Crippen molar-refractivity contribution >= 4 is 23.2 Å². The average molecular weight is 447 g/mol. The molecular formula is C24H31FN2O3S. The van der Waals surface area contributed by atoms with Crippen LogP contribution in [-0.2, 0) is 16.0 Å². The quantitative estimate of drug-likeness (QED) is 0.592. The molecule has 0 saturated heterocycles. The fourth-order valence-electron chi connectivity index (χ4n) is 3.87. The summed E-state index contributed by atoms with van der Waals surface area (Å²) in [5.74, 6) is -0.134. The molecule has 0 bridgehead atoms. The lowest BCUT2D eigenvalue weighted by molar-refractivity contribution is -0.144. The van der Waals surface area contributed by atoms with Crippen LogP contribution in [0.5, 0.6) is 5.75 Å². The van der Waals surface area contributed by atoms with Gasteiger partial charge in [-0.05, 0) is 55.3 Å². The van der Waals surface area contributed by atoms with Gasteiger partial charge >= 0.3 is 0 Å². The van der Waals surface area contributed by atoms with Gasteiger partial charge in [0.2, 0.25) is 11.8 Å². The van der Waals surface area contributed by atoms with Crippen molar-refractivity contribution in [2.45, 2.75) is 52.6 Å². The number of rotatable bonds is 8. The standard InChI is InChI=1S/C24H31FN2O3S/c1-16(2)13-23(28)27(17(3)4)14-24(29)26-11-9-22-18(10-12-31-22)20(26)15-30-21-8-6-5-7-19(21)25/h5-8,10,12,16-17,20H,9,11,13-15H2,1-4H3/t20-/m0/s1. The smallest absolute Gasteiger partial charge is 0.242 e. The highest BCUT2D eigenvalue weighted by Gasteiger charge is 2.34. The molecule has 1 atom stereocenters. The second-order valence-corrected chi connectivity index (χ2v) is 9.61. The Morgan fingerprint density at radius 1 is 1.23 bits per heavy atom. The fraction of sp³-hybridized carbons (Fsp3) is 0.500. The van der Waals surface area contributed by atoms with E-state index in [9.17, 15) is 14.0 Å². The zero-order chi connectivity index (χ0) is 22.5. The number of nitrogens with zero attached hydrogens (tertiary/aromatic N) is 2. The molecule has 7 heteroatoms. The van der Waals surface area contributed by atoms with Gasteiger partial charge in [0.15, 0.2) is 11.6 Å². The van der Waals surface area contributed by atoms with E-state index < -0.39 is 5.82 Å². The third-order valence-electron chi connectivity index (χ3n) is 5.48. The summed E-state index contributed by atoms with van der Waals surface area (Å²) in [5, 5.41) is 2.02. The molecule has 1 aromatic carbocycles. The second-order valence-electron chi connectivity index (χ2n) is 8.61. The molecule has 3 rings (SSSR count). The maximum Gasteiger partial charge on any atom is 0.242 e. The number of hydrogen-bond donors (Lipinski definition) is 0. The lowest BCUT2D eigenvalue weighted by Gasteiger charge is -2.37. The molecule has 31 heavy (non-hydrogen) atoms. The van der Waals surface area contributed by atoms with Gasteiger partial charge in [0.05, 0.1) is 12.6 Å². The highest BCUT2D eigenvalue weighted by atomic mass is 32.1. The van der Waals surface area contributed by atoms with E-state index in [1.54, 1.807) is 39.3 Å². The van der Waals surface area contributed by atoms with E-state index in [1.165, 1.54) is 10.9 Å². The lowest BCUT2D eigenvalue weighted by atomic mass is 10.00. The van der Waals surface area contributed by atoms with Gasteiger partial charge < -0.3 is 14.5 Å². The first kappa shape index (κ1) is 23.3. The minimum Gasteiger partial charge on any atom is -0.488 e. The molecule has 1 aliphatic rings. The molecule has 0 fully saturated rings. The van der Waals surface area contributed by atoms with Gasteiger partial charge in [0.1, 0.15) is 6.61 Å². The lowest BCUT2D eigenvalue weighted by Crippen LogP contribution is -2.49. The van der Waals surface area contributed by atoms with E-state index in [0.29, 0.717) is 13.0 Å². The summed E-state index contributed by atoms with van der Waals surface area (Å²) in [6.45, 7) is 8.61. The van der Waals surface area contributed by atoms with Crippen LogP contribution in [0.1, 0.15) is 50.6 Å². The Balaban J connectivity index is 1.78. The second kappa shape index (κ2) is 10.3. The predicted octanol–water partition coefficient (Wildman–Crippen LogP) is 4.68. The molecule has 0 N–H and O–H groups in total. The van der Waals surface area contributed by atoms with Crippen LogP contribution >= 0.6 is 11.3 Å². The van der Waals surface area contributed by atoms with Crippen molar-refractivity contribution in [1.82, 2.24) is 9.80 Å². The summed E-state index contributed by atoms with van der Waals surface area (Å²) >= 11 is 1.67. The number of carbonyl (C=O) groups excluding carboxylic acids is 2. The number of fused-ring (bicyclic) bond motifs is 1. The van der Waals surface area contributed by atoms with Gasteiger partial charge in [0, 0.05) is 23.9 Å². The Bertz CT molecular complexity index is 912. The molecule has 0 aliphatic carbocycles. The minimum absolute atomic E-state index is 0.00858. The van der Waals surface area contributed by atoms with Crippen LogP contribution < -0.4 is 4.74 Å². The Morgan fingerprint density at radius 3 is 2.65 bits per heavy atom. The third kappa shape index (κ3) is 5.64. The minimum atomic E-state index is -0.424. The van der Waals surface area contributed by atoms with Gasteiger partial charge in [-0.1, -0.05) is 26.0 Å². The van der Waals surface area contributed by atoms with Crippen molar-refractivity contribution in [3.8, 4) is 5.75 Å². The van der Waals surface area contributed by atoms with Gasteiger partial charge in [-0.25, -0.2) is 4.39 Å². The van der Waals surface area contributed by atoms with Crippen LogP contribution in [-0.4, -0.2) is 47.4 Å². The average Bonchev–Trinajstić information content (AvgIpc) is 3.19. The van der Waals surface area contributed by atoms with Crippen molar-refractivity contribution < 1.29 is 18.7 Å². The maximum atomic E-state index is 14.0. The zero-order valence-corrected chi connectivity index (χ0v) is 19.5. The molecule has 0 saturated carbocycles. The normalized spacial score (nSPS) is 15.8. The van der Waals surface area contributed by atoms with Crippen LogP contribution in [0, 0.1) is 11.7 Å². The molecular weight excluding hydrogens is 415 g/mol. The SMILES string of the molecule is CC(C)CC(=O)N(CC(=O)N1CCc2sccc2[C@@H]1COc1ccccc1F)C(C)C. The van der Waals surface area contributed by atoms with Crippen molar-refractivity contribution in [2.75, 3.05) is 19.7 Å². The zero-order valence-electron chi connectivity index (χ0n) is 18.6. The maximum absolute atomic E-state index is 14.0. The number of carbonyl (C=O) groups is 2. The highest BCUT2D eigenvalue weighted by Crippen LogP contribution is 2.34. The van der Waals surface area contributed by atoms with Gasteiger partial charge in [0.25, 0.3) is 0 Å². The number of halogens is 1. The summed E-state index contributed by atoms with van der Waals surface area (Å²) in [6.07, 6.45) is 1.19. The van der Waals surface area contributed by atoms with E-state index in [0.717, 1.165) is 12.0 Å². The van der Waals surface area contributed by atoms with Crippen LogP contribution in [0.25, 0.3) is 0 Å². The summed E-state index contributed by atoms with van der Waals surface area (Å²) in [6, 6.07) is 7.92. The number of benzene rings is 1. The molecule has 0 unspecified atom stereocenters. The predicted molar refractivity (Wildman–Crippen MR) is 121 cm³/mol. The summed E-state index contributed by atoms with van der Waals surface area (Å²) in [5.41, 5.74) is 1.05. The molecule has 5 nitrogen and oxygen atoms in total. The summed E-state index contributed by atoms with van der Waals surface area (Å²) in [4.78, 5) is 30.7. The number of hydrogen-bond acceptors (Lipinski definition) is 4. The molecule has 1 aliphatic heterocycles. The monoisotopic (exact) mass is 446 g/mol. The van der Waals surface area contributed by atoms with Crippen molar-refractivity contribution in [3.63, 3.8) is 0 Å². The Morgan fingerprint density at radius 2 is 1.97 bits per heavy atom. The number of para-hydroxylation sites is 1. The fourth-order valence-corrected chi connectivity index (χ4v) is 4.80. The first-order valence-corrected chi connectivity index (χ1v) is 11.7. The van der Waals surface area contributed by atoms with E-state index in [2.05, 4.69) is 0 Å². The van der Waals surface area contributed by atoms with Crippen LogP contribution in [0.3, 0.4) is 0 Å². The van der Waals surface area contributed by atoms with Gasteiger partial charge in [-0.15, -0.1) is 11.3 Å². The van der Waals surface area contributed by atoms with Crippen molar-refractivity contribution in [1.29, 1.82) is 0 Å². The van der Waals surface area contributed by atoms with Crippen LogP contribution in [0.15, 0.2) is 35.7 Å². The Labute approximate surface area is 187 Å². The van der Waals surface area contributed by atoms with Gasteiger partial charge in [-0.3, -0.25) is 9.59 Å². The van der Waals surface area contributed by atoms with E-state index >= 15 is 0 Å². The molecule has 2 heterocycles. The Hall–Kier alpha value is -2.41. The molecule has 0 spiro atoms. The molecule has 0 radical (unpaired) electrons. The van der Waals surface area contributed by atoms with E-state index in [4.69, 9.17) is 4.74 Å². The Kier molecular flexibility index (Phi) is 7.70. The topological polar surface area (TPSA) is 49.9 Å². The van der Waals surface area contributed by atoms with E-state index in [1.807, 2.05) is 39.1 Å². The van der Waals surface area contributed by atoms with E-state index in [-0.39, 0.29) is 48.7 Å². The number of thiophene rings is 1. The molecule has 2 aromatic rings. The molecule has 2 amide bonds. The van der Waals surface area contributed by atoms with Crippen LogP contribution in [0.2, 0.25) is 0 Å². The van der Waals surface area contributed by atoms with Crippen molar-refractivity contribution in [3.05, 3.63) is 52.0 Å². The summed E-state index contributed by atoms with van der Waals surface area (Å²) < 4.78 is 19.8. The highest BCUT2D eigenvalue weighted by molar-refractivity contribution is 7.10. The molecule has 1 aromatic heterocycles. The third-order valence-corrected chi connectivity index (χ3v) is 6.48. The van der Waals surface area contributed by atoms with Crippen molar-refractivity contribution in [2.24, 2.45) is 5.92 Å². The number of ether oxygens (including phenoxy) is 1. The first-order valence-electron chi connectivity index (χ1n) is 10.8. The largest absolute Gasteiger partial charge is 0.488 e.